The predicted molar refractivity (Wildman–Crippen MR) is 63.7 cm³/mol. The number of carbonyl (C=O) groups is 1. The first-order valence-electron chi connectivity index (χ1n) is 6.14. The van der Waals surface area contributed by atoms with E-state index in [0.29, 0.717) is 0 Å². The standard InChI is InChI=1S/C13H14F3NO3/c14-13(15,16)20-11-6-7-17(8-11)12(18)19-9-10-4-2-1-3-5-10/h1-5,11H,6-9H2/t11-/m0/s1. The third-order valence-electron chi connectivity index (χ3n) is 2.91. The van der Waals surface area contributed by atoms with Crippen molar-refractivity contribution in [2.75, 3.05) is 13.1 Å². The zero-order valence-electron chi connectivity index (χ0n) is 10.6. The van der Waals surface area contributed by atoms with E-state index < -0.39 is 18.6 Å². The number of benzene rings is 1. The van der Waals surface area contributed by atoms with Crippen LogP contribution in [-0.2, 0) is 16.1 Å². The van der Waals surface area contributed by atoms with Crippen molar-refractivity contribution in [2.45, 2.75) is 25.5 Å². The highest BCUT2D eigenvalue weighted by Gasteiger charge is 2.38. The summed E-state index contributed by atoms with van der Waals surface area (Å²) in [5.41, 5.74) is 0.822. The van der Waals surface area contributed by atoms with Gasteiger partial charge in [-0.3, -0.25) is 4.74 Å². The number of likely N-dealkylation sites (tertiary alicyclic amines) is 1. The molecule has 1 atom stereocenters. The highest BCUT2D eigenvalue weighted by Crippen LogP contribution is 2.24. The molecule has 0 radical (unpaired) electrons. The van der Waals surface area contributed by atoms with Gasteiger partial charge in [0.2, 0.25) is 0 Å². The smallest absolute Gasteiger partial charge is 0.445 e. The van der Waals surface area contributed by atoms with Crippen LogP contribution in [0.5, 0.6) is 0 Å². The van der Waals surface area contributed by atoms with Crippen molar-refractivity contribution >= 4 is 6.09 Å². The second kappa shape index (κ2) is 6.13. The zero-order valence-corrected chi connectivity index (χ0v) is 10.6. The summed E-state index contributed by atoms with van der Waals surface area (Å²) in [6.45, 7) is 0.197. The van der Waals surface area contributed by atoms with E-state index in [9.17, 15) is 18.0 Å². The lowest BCUT2D eigenvalue weighted by Gasteiger charge is -2.17. The largest absolute Gasteiger partial charge is 0.522 e. The van der Waals surface area contributed by atoms with Crippen molar-refractivity contribution in [1.82, 2.24) is 4.90 Å². The summed E-state index contributed by atoms with van der Waals surface area (Å²) in [6.07, 6.45) is -6.16. The maximum Gasteiger partial charge on any atom is 0.522 e. The Labute approximate surface area is 114 Å². The molecule has 0 unspecified atom stereocenters. The number of rotatable bonds is 3. The Morgan fingerprint density at radius 3 is 2.65 bits per heavy atom. The first kappa shape index (κ1) is 14.6. The first-order valence-corrected chi connectivity index (χ1v) is 6.14. The second-order valence-electron chi connectivity index (χ2n) is 4.46. The van der Waals surface area contributed by atoms with E-state index in [2.05, 4.69) is 4.74 Å². The number of carbonyl (C=O) groups excluding carboxylic acids is 1. The minimum absolute atomic E-state index is 0.0982. The lowest BCUT2D eigenvalue weighted by molar-refractivity contribution is -0.340. The molecule has 1 aliphatic rings. The molecule has 1 heterocycles. The SMILES string of the molecule is O=C(OCc1ccccc1)N1CC[C@H](OC(F)(F)F)C1. The Morgan fingerprint density at radius 1 is 1.30 bits per heavy atom. The molecule has 2 rings (SSSR count). The van der Waals surface area contributed by atoms with Gasteiger partial charge >= 0.3 is 12.5 Å². The predicted octanol–water partition coefficient (Wildman–Crippen LogP) is 2.93. The fourth-order valence-corrected chi connectivity index (χ4v) is 1.99. The molecule has 0 bridgehead atoms. The van der Waals surface area contributed by atoms with Gasteiger partial charge in [-0.2, -0.15) is 0 Å². The minimum atomic E-state index is -4.67. The normalized spacial score (nSPS) is 19.1. The number of halogens is 3. The van der Waals surface area contributed by atoms with Gasteiger partial charge in [-0.25, -0.2) is 4.79 Å². The fourth-order valence-electron chi connectivity index (χ4n) is 1.99. The lowest BCUT2D eigenvalue weighted by atomic mass is 10.2. The molecule has 0 spiro atoms. The second-order valence-corrected chi connectivity index (χ2v) is 4.46. The molecule has 20 heavy (non-hydrogen) atoms. The molecule has 0 N–H and O–H groups in total. The number of hydrogen-bond donors (Lipinski definition) is 0. The van der Waals surface area contributed by atoms with E-state index in [-0.39, 0.29) is 26.1 Å². The highest BCUT2D eigenvalue weighted by atomic mass is 19.4. The van der Waals surface area contributed by atoms with Gasteiger partial charge in [-0.15, -0.1) is 13.2 Å². The van der Waals surface area contributed by atoms with Crippen molar-refractivity contribution in [3.8, 4) is 0 Å². The minimum Gasteiger partial charge on any atom is -0.445 e. The van der Waals surface area contributed by atoms with Crippen molar-refractivity contribution in [3.05, 3.63) is 35.9 Å². The molecule has 1 fully saturated rings. The molecule has 0 saturated carbocycles. The number of ether oxygens (including phenoxy) is 2. The Balaban J connectivity index is 1.77. The molecule has 0 aromatic heterocycles. The summed E-state index contributed by atoms with van der Waals surface area (Å²) in [7, 11) is 0. The molecule has 1 aliphatic heterocycles. The van der Waals surface area contributed by atoms with Crippen molar-refractivity contribution in [1.29, 1.82) is 0 Å². The van der Waals surface area contributed by atoms with E-state index in [1.54, 1.807) is 12.1 Å². The Kier molecular flexibility index (Phi) is 4.49. The fraction of sp³-hybridized carbons (Fsp3) is 0.462. The van der Waals surface area contributed by atoms with Crippen molar-refractivity contribution in [3.63, 3.8) is 0 Å². The number of amides is 1. The van der Waals surface area contributed by atoms with E-state index in [4.69, 9.17) is 4.74 Å². The first-order chi connectivity index (χ1) is 9.44. The number of hydrogen-bond acceptors (Lipinski definition) is 3. The van der Waals surface area contributed by atoms with E-state index in [1.807, 2.05) is 18.2 Å². The van der Waals surface area contributed by atoms with Crippen LogP contribution < -0.4 is 0 Å². The number of nitrogens with zero attached hydrogens (tertiary/aromatic N) is 1. The summed E-state index contributed by atoms with van der Waals surface area (Å²) in [4.78, 5) is 12.9. The Bertz CT molecular complexity index is 450. The molecule has 1 aromatic carbocycles. The summed E-state index contributed by atoms with van der Waals surface area (Å²) in [6, 6.07) is 9.06. The summed E-state index contributed by atoms with van der Waals surface area (Å²) < 4.78 is 45.1. The molecular weight excluding hydrogens is 275 g/mol. The van der Waals surface area contributed by atoms with Crippen LogP contribution in [0.4, 0.5) is 18.0 Å². The van der Waals surface area contributed by atoms with E-state index >= 15 is 0 Å². The molecule has 1 saturated heterocycles. The molecule has 1 aromatic rings. The Morgan fingerprint density at radius 2 is 2.00 bits per heavy atom. The van der Waals surface area contributed by atoms with E-state index in [0.717, 1.165) is 5.56 Å². The van der Waals surface area contributed by atoms with Crippen molar-refractivity contribution < 1.29 is 27.4 Å². The summed E-state index contributed by atoms with van der Waals surface area (Å²) in [5, 5.41) is 0. The average molecular weight is 289 g/mol. The quantitative estimate of drug-likeness (QED) is 0.858. The molecule has 110 valence electrons. The van der Waals surface area contributed by atoms with Gasteiger partial charge in [0, 0.05) is 6.54 Å². The van der Waals surface area contributed by atoms with Gasteiger partial charge in [0.15, 0.2) is 0 Å². The van der Waals surface area contributed by atoms with Gasteiger partial charge in [0.1, 0.15) is 6.61 Å². The van der Waals surface area contributed by atoms with Crippen LogP contribution in [-0.4, -0.2) is 36.5 Å². The topological polar surface area (TPSA) is 38.8 Å². The monoisotopic (exact) mass is 289 g/mol. The van der Waals surface area contributed by atoms with Crippen LogP contribution in [0, 0.1) is 0 Å². The zero-order chi connectivity index (χ0) is 14.6. The molecule has 1 amide bonds. The van der Waals surface area contributed by atoms with Crippen molar-refractivity contribution in [2.24, 2.45) is 0 Å². The van der Waals surface area contributed by atoms with E-state index in [1.165, 1.54) is 4.90 Å². The Hall–Kier alpha value is -1.76. The van der Waals surface area contributed by atoms with Gasteiger partial charge in [0.25, 0.3) is 0 Å². The molecule has 7 heteroatoms. The molecule has 4 nitrogen and oxygen atoms in total. The molecular formula is C13H14F3NO3. The lowest BCUT2D eigenvalue weighted by Crippen LogP contribution is -2.32. The summed E-state index contributed by atoms with van der Waals surface area (Å²) in [5.74, 6) is 0. The number of alkyl halides is 3. The van der Waals surface area contributed by atoms with Gasteiger partial charge in [-0.05, 0) is 12.0 Å². The van der Waals surface area contributed by atoms with Crippen LogP contribution in [0.1, 0.15) is 12.0 Å². The summed E-state index contributed by atoms with van der Waals surface area (Å²) >= 11 is 0. The average Bonchev–Trinajstić information content (AvgIpc) is 2.83. The van der Waals surface area contributed by atoms with Crippen LogP contribution in [0.15, 0.2) is 30.3 Å². The van der Waals surface area contributed by atoms with Crippen LogP contribution >= 0.6 is 0 Å². The van der Waals surface area contributed by atoms with Crippen LogP contribution in [0.3, 0.4) is 0 Å². The highest BCUT2D eigenvalue weighted by molar-refractivity contribution is 5.68. The third-order valence-corrected chi connectivity index (χ3v) is 2.91. The molecule has 0 aliphatic carbocycles. The van der Waals surface area contributed by atoms with Crippen LogP contribution in [0.2, 0.25) is 0 Å². The van der Waals surface area contributed by atoms with Crippen LogP contribution in [0.25, 0.3) is 0 Å². The van der Waals surface area contributed by atoms with Gasteiger partial charge in [-0.1, -0.05) is 30.3 Å². The third kappa shape index (κ3) is 4.41. The maximum atomic E-state index is 12.0. The van der Waals surface area contributed by atoms with Gasteiger partial charge in [0.05, 0.1) is 12.6 Å². The maximum absolute atomic E-state index is 12.0. The van der Waals surface area contributed by atoms with Gasteiger partial charge < -0.3 is 9.64 Å².